The molecule has 1 aromatic rings. The molecule has 17 heavy (non-hydrogen) atoms. The van der Waals surface area contributed by atoms with Crippen LogP contribution in [0.15, 0.2) is 22.7 Å². The maximum atomic E-state index is 8.83. The Bertz CT molecular complexity index is 422. The van der Waals surface area contributed by atoms with Crippen LogP contribution in [0.2, 0.25) is 0 Å². The number of hydrogen-bond donors (Lipinski definition) is 1. The highest BCUT2D eigenvalue weighted by atomic mass is 79.9. The van der Waals surface area contributed by atoms with Crippen LogP contribution in [-0.4, -0.2) is 19.8 Å². The molecular weight excluding hydrogens is 280 g/mol. The van der Waals surface area contributed by atoms with Crippen molar-refractivity contribution in [3.05, 3.63) is 28.2 Å². The van der Waals surface area contributed by atoms with E-state index in [9.17, 15) is 0 Å². The van der Waals surface area contributed by atoms with Crippen molar-refractivity contribution in [3.8, 4) is 6.07 Å². The molecule has 0 bridgehead atoms. The van der Waals surface area contributed by atoms with E-state index >= 15 is 0 Å². The first-order valence-corrected chi connectivity index (χ1v) is 6.60. The van der Waals surface area contributed by atoms with Gasteiger partial charge in [0, 0.05) is 23.3 Å². The van der Waals surface area contributed by atoms with E-state index in [2.05, 4.69) is 27.3 Å². The second-order valence-electron chi connectivity index (χ2n) is 4.27. The number of nitrogens with zero attached hydrogens (tertiary/aromatic N) is 1. The highest BCUT2D eigenvalue weighted by molar-refractivity contribution is 9.10. The molecule has 0 saturated carbocycles. The lowest BCUT2D eigenvalue weighted by Gasteiger charge is -2.22. The molecule has 1 atom stereocenters. The fraction of sp³-hybridized carbons (Fsp3) is 0.462. The molecule has 1 heterocycles. The molecule has 1 aliphatic rings. The molecule has 0 spiro atoms. The SMILES string of the molecule is N#Cc1ccc(NCC2CCCOC2)cc1Br. The van der Waals surface area contributed by atoms with Crippen LogP contribution in [-0.2, 0) is 4.74 Å². The van der Waals surface area contributed by atoms with Crippen molar-refractivity contribution in [3.63, 3.8) is 0 Å². The molecule has 0 aliphatic carbocycles. The smallest absolute Gasteiger partial charge is 0.100 e. The van der Waals surface area contributed by atoms with Gasteiger partial charge in [0.1, 0.15) is 6.07 Å². The topological polar surface area (TPSA) is 45.0 Å². The van der Waals surface area contributed by atoms with Crippen LogP contribution in [0.4, 0.5) is 5.69 Å². The van der Waals surface area contributed by atoms with Crippen molar-refractivity contribution in [1.29, 1.82) is 5.26 Å². The average Bonchev–Trinajstić information content (AvgIpc) is 2.38. The third-order valence-corrected chi connectivity index (χ3v) is 3.60. The highest BCUT2D eigenvalue weighted by Gasteiger charge is 2.13. The van der Waals surface area contributed by atoms with Crippen molar-refractivity contribution < 1.29 is 4.74 Å². The van der Waals surface area contributed by atoms with Crippen LogP contribution in [0.1, 0.15) is 18.4 Å². The van der Waals surface area contributed by atoms with E-state index < -0.39 is 0 Å². The normalized spacial score (nSPS) is 19.6. The summed E-state index contributed by atoms with van der Waals surface area (Å²) in [4.78, 5) is 0. The number of halogens is 1. The van der Waals surface area contributed by atoms with E-state index in [1.807, 2.05) is 18.2 Å². The first-order chi connectivity index (χ1) is 8.29. The Hall–Kier alpha value is -1.05. The molecule has 1 fully saturated rings. The molecule has 2 rings (SSSR count). The van der Waals surface area contributed by atoms with Crippen LogP contribution in [0, 0.1) is 17.2 Å². The van der Waals surface area contributed by atoms with Gasteiger partial charge in [-0.1, -0.05) is 0 Å². The van der Waals surface area contributed by atoms with Gasteiger partial charge < -0.3 is 10.1 Å². The monoisotopic (exact) mass is 294 g/mol. The third-order valence-electron chi connectivity index (χ3n) is 2.94. The van der Waals surface area contributed by atoms with Crippen LogP contribution < -0.4 is 5.32 Å². The first-order valence-electron chi connectivity index (χ1n) is 5.81. The second kappa shape index (κ2) is 6.04. The summed E-state index contributed by atoms with van der Waals surface area (Å²) in [7, 11) is 0. The summed E-state index contributed by atoms with van der Waals surface area (Å²) in [6, 6.07) is 7.84. The number of nitrogens with one attached hydrogen (secondary N) is 1. The lowest BCUT2D eigenvalue weighted by Crippen LogP contribution is -2.24. The lowest BCUT2D eigenvalue weighted by atomic mass is 10.0. The minimum Gasteiger partial charge on any atom is -0.385 e. The summed E-state index contributed by atoms with van der Waals surface area (Å²) in [5.74, 6) is 0.596. The summed E-state index contributed by atoms with van der Waals surface area (Å²) >= 11 is 3.39. The maximum absolute atomic E-state index is 8.83. The summed E-state index contributed by atoms with van der Waals surface area (Å²) in [6.45, 7) is 2.68. The summed E-state index contributed by atoms with van der Waals surface area (Å²) in [5.41, 5.74) is 1.71. The van der Waals surface area contributed by atoms with Gasteiger partial charge in [-0.25, -0.2) is 0 Å². The lowest BCUT2D eigenvalue weighted by molar-refractivity contribution is 0.0595. The number of rotatable bonds is 3. The van der Waals surface area contributed by atoms with E-state index in [1.54, 1.807) is 0 Å². The van der Waals surface area contributed by atoms with Gasteiger partial charge in [0.05, 0.1) is 12.2 Å². The molecule has 0 radical (unpaired) electrons. The zero-order chi connectivity index (χ0) is 12.1. The molecule has 90 valence electrons. The Morgan fingerprint density at radius 2 is 2.41 bits per heavy atom. The quantitative estimate of drug-likeness (QED) is 0.931. The molecule has 1 aliphatic heterocycles. The minimum absolute atomic E-state index is 0.596. The van der Waals surface area contributed by atoms with Crippen molar-refractivity contribution in [2.45, 2.75) is 12.8 Å². The van der Waals surface area contributed by atoms with Crippen LogP contribution in [0.3, 0.4) is 0 Å². The molecule has 0 aromatic heterocycles. The summed E-state index contributed by atoms with van der Waals surface area (Å²) in [5, 5.41) is 12.2. The minimum atomic E-state index is 0.596. The van der Waals surface area contributed by atoms with E-state index in [-0.39, 0.29) is 0 Å². The first kappa shape index (κ1) is 12.4. The third kappa shape index (κ3) is 3.45. The fourth-order valence-corrected chi connectivity index (χ4v) is 2.41. The molecule has 1 N–H and O–H groups in total. The van der Waals surface area contributed by atoms with Gasteiger partial charge in [-0.15, -0.1) is 0 Å². The standard InChI is InChI=1S/C13H15BrN2O/c14-13-6-12(4-3-11(13)7-15)16-8-10-2-1-5-17-9-10/h3-4,6,10,16H,1-2,5,8-9H2. The van der Waals surface area contributed by atoms with Crippen LogP contribution >= 0.6 is 15.9 Å². The predicted molar refractivity (Wildman–Crippen MR) is 70.9 cm³/mol. The highest BCUT2D eigenvalue weighted by Crippen LogP contribution is 2.22. The van der Waals surface area contributed by atoms with Crippen molar-refractivity contribution in [2.24, 2.45) is 5.92 Å². The zero-order valence-electron chi connectivity index (χ0n) is 9.58. The molecule has 1 aromatic carbocycles. The van der Waals surface area contributed by atoms with Gasteiger partial charge in [-0.2, -0.15) is 5.26 Å². The Balaban J connectivity index is 1.90. The zero-order valence-corrected chi connectivity index (χ0v) is 11.2. The average molecular weight is 295 g/mol. The van der Waals surface area contributed by atoms with Gasteiger partial charge in [0.2, 0.25) is 0 Å². The number of anilines is 1. The number of ether oxygens (including phenoxy) is 1. The summed E-state index contributed by atoms with van der Waals surface area (Å²) < 4.78 is 6.28. The number of hydrogen-bond acceptors (Lipinski definition) is 3. The van der Waals surface area contributed by atoms with Gasteiger partial charge in [-0.3, -0.25) is 0 Å². The van der Waals surface area contributed by atoms with E-state index in [0.29, 0.717) is 11.5 Å². The Labute approximate surface area is 110 Å². The van der Waals surface area contributed by atoms with Crippen molar-refractivity contribution in [1.82, 2.24) is 0 Å². The fourth-order valence-electron chi connectivity index (χ4n) is 1.95. The van der Waals surface area contributed by atoms with E-state index in [0.717, 1.165) is 36.3 Å². The Morgan fingerprint density at radius 1 is 1.53 bits per heavy atom. The molecule has 1 saturated heterocycles. The van der Waals surface area contributed by atoms with E-state index in [1.165, 1.54) is 6.42 Å². The van der Waals surface area contributed by atoms with Crippen LogP contribution in [0.25, 0.3) is 0 Å². The Morgan fingerprint density at radius 3 is 3.06 bits per heavy atom. The van der Waals surface area contributed by atoms with Gasteiger partial charge in [0.15, 0.2) is 0 Å². The molecular formula is C13H15BrN2O. The van der Waals surface area contributed by atoms with Crippen LogP contribution in [0.5, 0.6) is 0 Å². The van der Waals surface area contributed by atoms with Crippen molar-refractivity contribution in [2.75, 3.05) is 25.1 Å². The molecule has 4 heteroatoms. The Kier molecular flexibility index (Phi) is 4.41. The molecule has 0 amide bonds. The van der Waals surface area contributed by atoms with Gasteiger partial charge >= 0.3 is 0 Å². The summed E-state index contributed by atoms with van der Waals surface area (Å²) in [6.07, 6.45) is 2.38. The van der Waals surface area contributed by atoms with Crippen molar-refractivity contribution >= 4 is 21.6 Å². The van der Waals surface area contributed by atoms with Gasteiger partial charge in [-0.05, 0) is 52.9 Å². The van der Waals surface area contributed by atoms with E-state index in [4.69, 9.17) is 10.00 Å². The largest absolute Gasteiger partial charge is 0.385 e. The maximum Gasteiger partial charge on any atom is 0.100 e. The predicted octanol–water partition coefficient (Wildman–Crippen LogP) is 3.16. The van der Waals surface area contributed by atoms with Gasteiger partial charge in [0.25, 0.3) is 0 Å². The number of nitriles is 1. The second-order valence-corrected chi connectivity index (χ2v) is 5.12. The molecule has 1 unspecified atom stereocenters. The number of benzene rings is 1. The molecule has 3 nitrogen and oxygen atoms in total.